The number of aliphatic hydroxyl groups is 1. The number of hydrogen-bond donors (Lipinski definition) is 3. The minimum atomic E-state index is -0.351. The van der Waals surface area contributed by atoms with Crippen LogP contribution in [0.3, 0.4) is 0 Å². The van der Waals surface area contributed by atoms with E-state index in [1.807, 2.05) is 30.5 Å². The monoisotopic (exact) mass is 390 g/mol. The fourth-order valence-electron chi connectivity index (χ4n) is 3.33. The molecule has 0 radical (unpaired) electrons. The molecule has 1 aromatic carbocycles. The van der Waals surface area contributed by atoms with Crippen molar-refractivity contribution < 1.29 is 5.11 Å². The number of nitrogens with zero attached hydrogens (tertiary/aromatic N) is 2. The maximum Gasteiger partial charge on any atom is 0.275 e. The van der Waals surface area contributed by atoms with Crippen LogP contribution in [-0.4, -0.2) is 49.9 Å². The maximum atomic E-state index is 11.8. The van der Waals surface area contributed by atoms with E-state index in [4.69, 9.17) is 11.6 Å². The molecule has 3 heterocycles. The fourth-order valence-corrected chi connectivity index (χ4v) is 4.52. The normalized spacial score (nSPS) is 20.8. The molecule has 3 aromatic rings. The zero-order valence-electron chi connectivity index (χ0n) is 14.0. The molecular formula is C18H19ClN4O2S. The lowest BCUT2D eigenvalue weighted by Gasteiger charge is -2.15. The number of H-pyrrole nitrogens is 2. The lowest BCUT2D eigenvalue weighted by Crippen LogP contribution is -2.21. The minimum absolute atomic E-state index is 0.167. The average Bonchev–Trinajstić information content (AvgIpc) is 3.19. The van der Waals surface area contributed by atoms with E-state index in [0.29, 0.717) is 24.1 Å². The second-order valence-corrected chi connectivity index (χ2v) is 8.09. The van der Waals surface area contributed by atoms with Crippen LogP contribution in [0, 0.1) is 5.92 Å². The number of aromatic amines is 2. The Bertz CT molecular complexity index is 956. The van der Waals surface area contributed by atoms with Crippen molar-refractivity contribution in [3.63, 3.8) is 0 Å². The first-order valence-corrected chi connectivity index (χ1v) is 9.79. The Kier molecular flexibility index (Phi) is 5.04. The Morgan fingerprint density at radius 1 is 1.27 bits per heavy atom. The third kappa shape index (κ3) is 3.66. The SMILES string of the molecule is O=c1[nH]cnc2c(CN3C[C@H](CSc4ccc(Cl)cc4)[C@@H](O)C3)c[nH]c12. The molecule has 2 atom stereocenters. The lowest BCUT2D eigenvalue weighted by atomic mass is 10.1. The molecule has 0 saturated carbocycles. The highest BCUT2D eigenvalue weighted by Gasteiger charge is 2.31. The number of fused-ring (bicyclic) bond motifs is 1. The number of rotatable bonds is 5. The summed E-state index contributed by atoms with van der Waals surface area (Å²) >= 11 is 7.65. The van der Waals surface area contributed by atoms with E-state index >= 15 is 0 Å². The van der Waals surface area contributed by atoms with Crippen LogP contribution in [0.1, 0.15) is 5.56 Å². The van der Waals surface area contributed by atoms with Crippen LogP contribution in [0.4, 0.5) is 0 Å². The van der Waals surface area contributed by atoms with Gasteiger partial charge in [-0.15, -0.1) is 11.8 Å². The summed E-state index contributed by atoms with van der Waals surface area (Å²) in [6, 6.07) is 7.77. The Hall–Kier alpha value is -1.80. The predicted molar refractivity (Wildman–Crippen MR) is 104 cm³/mol. The van der Waals surface area contributed by atoms with Gasteiger partial charge in [0.05, 0.1) is 17.9 Å². The standard InChI is InChI=1S/C18H19ClN4O2S/c19-13-1-3-14(4-2-13)26-9-12-7-23(8-15(12)24)6-11-5-20-17-16(11)21-10-22-18(17)25/h1-5,10,12,15,20,24H,6-9H2,(H,21,22,25)/t12-,15+/m1/s1. The molecule has 26 heavy (non-hydrogen) atoms. The molecule has 8 heteroatoms. The largest absolute Gasteiger partial charge is 0.391 e. The van der Waals surface area contributed by atoms with Crippen LogP contribution in [0.2, 0.25) is 5.02 Å². The summed E-state index contributed by atoms with van der Waals surface area (Å²) < 4.78 is 0. The highest BCUT2D eigenvalue weighted by molar-refractivity contribution is 7.99. The van der Waals surface area contributed by atoms with Gasteiger partial charge in [-0.3, -0.25) is 9.69 Å². The van der Waals surface area contributed by atoms with Gasteiger partial charge in [0.25, 0.3) is 5.56 Å². The minimum Gasteiger partial charge on any atom is -0.391 e. The molecule has 1 fully saturated rings. The molecule has 1 saturated heterocycles. The van der Waals surface area contributed by atoms with Crippen LogP contribution in [0.15, 0.2) is 46.5 Å². The smallest absolute Gasteiger partial charge is 0.275 e. The van der Waals surface area contributed by atoms with Gasteiger partial charge in [-0.1, -0.05) is 11.6 Å². The molecular weight excluding hydrogens is 372 g/mol. The molecule has 0 aliphatic carbocycles. The number of β-amino-alcohol motifs (C(OH)–C–C–N with tert-alkyl or cyclic N) is 1. The number of benzene rings is 1. The first-order valence-electron chi connectivity index (χ1n) is 8.42. The van der Waals surface area contributed by atoms with E-state index in [2.05, 4.69) is 19.9 Å². The molecule has 136 valence electrons. The number of thioether (sulfide) groups is 1. The number of hydrogen-bond acceptors (Lipinski definition) is 5. The van der Waals surface area contributed by atoms with Crippen molar-refractivity contribution in [1.29, 1.82) is 0 Å². The van der Waals surface area contributed by atoms with Gasteiger partial charge in [-0.05, 0) is 24.3 Å². The molecule has 6 nitrogen and oxygen atoms in total. The topological polar surface area (TPSA) is 85.0 Å². The van der Waals surface area contributed by atoms with Gasteiger partial charge in [0, 0.05) is 53.0 Å². The van der Waals surface area contributed by atoms with Crippen LogP contribution in [-0.2, 0) is 6.54 Å². The first kappa shape index (κ1) is 17.6. The van der Waals surface area contributed by atoms with Crippen molar-refractivity contribution >= 4 is 34.4 Å². The Morgan fingerprint density at radius 2 is 2.08 bits per heavy atom. The van der Waals surface area contributed by atoms with Crippen molar-refractivity contribution in [3.05, 3.63) is 57.7 Å². The summed E-state index contributed by atoms with van der Waals surface area (Å²) in [5.74, 6) is 1.06. The van der Waals surface area contributed by atoms with Gasteiger partial charge in [0.2, 0.25) is 0 Å². The van der Waals surface area contributed by atoms with E-state index in [9.17, 15) is 9.90 Å². The van der Waals surface area contributed by atoms with E-state index in [1.165, 1.54) is 6.33 Å². The molecule has 0 bridgehead atoms. The van der Waals surface area contributed by atoms with Gasteiger partial charge < -0.3 is 15.1 Å². The second kappa shape index (κ2) is 7.44. The number of likely N-dealkylation sites (tertiary alicyclic amines) is 1. The second-order valence-electron chi connectivity index (χ2n) is 6.56. The number of aliphatic hydroxyl groups excluding tert-OH is 1. The summed E-state index contributed by atoms with van der Waals surface area (Å²) in [5, 5.41) is 11.1. The highest BCUT2D eigenvalue weighted by atomic mass is 35.5. The number of aromatic nitrogens is 3. The first-order chi connectivity index (χ1) is 12.6. The molecule has 0 unspecified atom stereocenters. The summed E-state index contributed by atoms with van der Waals surface area (Å²) in [5.41, 5.74) is 2.00. The van der Waals surface area contributed by atoms with Crippen LogP contribution in [0.5, 0.6) is 0 Å². The van der Waals surface area contributed by atoms with Crippen LogP contribution in [0.25, 0.3) is 11.0 Å². The van der Waals surface area contributed by atoms with Gasteiger partial charge in [0.15, 0.2) is 0 Å². The third-order valence-electron chi connectivity index (χ3n) is 4.70. The molecule has 0 amide bonds. The van der Waals surface area contributed by atoms with Crippen molar-refractivity contribution in [1.82, 2.24) is 19.9 Å². The fraction of sp³-hybridized carbons (Fsp3) is 0.333. The van der Waals surface area contributed by atoms with Crippen molar-refractivity contribution in [2.45, 2.75) is 17.5 Å². The number of halogens is 1. The summed E-state index contributed by atoms with van der Waals surface area (Å²) in [6.07, 6.45) is 2.90. The maximum absolute atomic E-state index is 11.8. The summed E-state index contributed by atoms with van der Waals surface area (Å²) in [6.45, 7) is 2.11. The Morgan fingerprint density at radius 3 is 2.88 bits per heavy atom. The van der Waals surface area contributed by atoms with Gasteiger partial charge in [-0.2, -0.15) is 0 Å². The quantitative estimate of drug-likeness (QED) is 0.583. The van der Waals surface area contributed by atoms with E-state index in [0.717, 1.165) is 27.8 Å². The zero-order chi connectivity index (χ0) is 18.1. The average molecular weight is 391 g/mol. The zero-order valence-corrected chi connectivity index (χ0v) is 15.6. The van der Waals surface area contributed by atoms with E-state index in [-0.39, 0.29) is 17.6 Å². The molecule has 0 spiro atoms. The van der Waals surface area contributed by atoms with Crippen molar-refractivity contribution in [3.8, 4) is 0 Å². The van der Waals surface area contributed by atoms with E-state index in [1.54, 1.807) is 11.8 Å². The van der Waals surface area contributed by atoms with Crippen molar-refractivity contribution in [2.24, 2.45) is 5.92 Å². The molecule has 2 aromatic heterocycles. The molecule has 3 N–H and O–H groups in total. The molecule has 1 aliphatic rings. The van der Waals surface area contributed by atoms with Gasteiger partial charge >= 0.3 is 0 Å². The number of nitrogens with one attached hydrogen (secondary N) is 2. The lowest BCUT2D eigenvalue weighted by molar-refractivity contribution is 0.149. The van der Waals surface area contributed by atoms with Crippen LogP contribution >= 0.6 is 23.4 Å². The van der Waals surface area contributed by atoms with Gasteiger partial charge in [-0.25, -0.2) is 4.98 Å². The Balaban J connectivity index is 1.39. The van der Waals surface area contributed by atoms with Crippen molar-refractivity contribution in [2.75, 3.05) is 18.8 Å². The highest BCUT2D eigenvalue weighted by Crippen LogP contribution is 2.28. The third-order valence-corrected chi connectivity index (χ3v) is 6.15. The van der Waals surface area contributed by atoms with Gasteiger partial charge in [0.1, 0.15) is 5.52 Å². The van der Waals surface area contributed by atoms with Crippen LogP contribution < -0.4 is 5.56 Å². The molecule has 4 rings (SSSR count). The summed E-state index contributed by atoms with van der Waals surface area (Å²) in [4.78, 5) is 25.0. The predicted octanol–water partition coefficient (Wildman–Crippen LogP) is 2.49. The Labute approximate surface area is 159 Å². The van der Waals surface area contributed by atoms with E-state index < -0.39 is 0 Å². The summed E-state index contributed by atoms with van der Waals surface area (Å²) in [7, 11) is 0. The molecule has 1 aliphatic heterocycles.